The van der Waals surface area contributed by atoms with Crippen molar-refractivity contribution in [2.45, 2.75) is 59.8 Å². The van der Waals surface area contributed by atoms with Gasteiger partial charge in [0.05, 0.1) is 0 Å². The molecular weight excluding hydrogens is 156 g/mol. The van der Waals surface area contributed by atoms with E-state index in [1.807, 2.05) is 0 Å². The van der Waals surface area contributed by atoms with Crippen LogP contribution in [-0.2, 0) is 0 Å². The van der Waals surface area contributed by atoms with E-state index in [9.17, 15) is 0 Å². The van der Waals surface area contributed by atoms with E-state index in [-0.39, 0.29) is 0 Å². The van der Waals surface area contributed by atoms with Crippen molar-refractivity contribution in [1.29, 1.82) is 0 Å². The molecule has 0 nitrogen and oxygen atoms in total. The van der Waals surface area contributed by atoms with Crippen LogP contribution in [0.4, 0.5) is 0 Å². The predicted molar refractivity (Wildman–Crippen MR) is 59.7 cm³/mol. The zero-order valence-electron chi connectivity index (χ0n) is 9.84. The van der Waals surface area contributed by atoms with Crippen molar-refractivity contribution in [2.24, 2.45) is 23.7 Å². The van der Waals surface area contributed by atoms with E-state index in [0.717, 1.165) is 23.7 Å². The molecule has 78 valence electrons. The second kappa shape index (κ2) is 5.02. The molecule has 0 aromatic rings. The van der Waals surface area contributed by atoms with E-state index in [0.29, 0.717) is 0 Å². The van der Waals surface area contributed by atoms with E-state index in [1.165, 1.54) is 32.1 Å². The van der Waals surface area contributed by atoms with Gasteiger partial charge in [-0.2, -0.15) is 0 Å². The summed E-state index contributed by atoms with van der Waals surface area (Å²) >= 11 is 0. The Kier molecular flexibility index (Phi) is 4.28. The number of rotatable bonds is 4. The molecule has 0 aromatic carbocycles. The molecule has 1 fully saturated rings. The zero-order valence-corrected chi connectivity index (χ0v) is 9.84. The summed E-state index contributed by atoms with van der Waals surface area (Å²) in [6.45, 7) is 9.61. The standard InChI is InChI=1S/C13H26/c1-5-7-12(10(2)3)13-9-6-8-11(13)4/h10-13H,5-9H2,1-4H3. The zero-order chi connectivity index (χ0) is 9.84. The molecular formula is C13H26. The van der Waals surface area contributed by atoms with Crippen molar-refractivity contribution in [2.75, 3.05) is 0 Å². The van der Waals surface area contributed by atoms with Gasteiger partial charge in [0.15, 0.2) is 0 Å². The molecule has 1 aliphatic rings. The highest BCUT2D eigenvalue weighted by molar-refractivity contribution is 4.81. The molecule has 0 spiro atoms. The third-order valence-corrected chi connectivity index (χ3v) is 3.96. The van der Waals surface area contributed by atoms with E-state index in [1.54, 1.807) is 0 Å². The molecule has 3 atom stereocenters. The van der Waals surface area contributed by atoms with Crippen molar-refractivity contribution in [3.63, 3.8) is 0 Å². The fraction of sp³-hybridized carbons (Fsp3) is 1.00. The summed E-state index contributed by atoms with van der Waals surface area (Å²) in [5.41, 5.74) is 0. The van der Waals surface area contributed by atoms with Crippen LogP contribution < -0.4 is 0 Å². The highest BCUT2D eigenvalue weighted by Crippen LogP contribution is 2.41. The van der Waals surface area contributed by atoms with Gasteiger partial charge in [0.1, 0.15) is 0 Å². The van der Waals surface area contributed by atoms with Gasteiger partial charge >= 0.3 is 0 Å². The topological polar surface area (TPSA) is 0 Å². The Morgan fingerprint density at radius 3 is 2.31 bits per heavy atom. The average molecular weight is 182 g/mol. The molecule has 0 bridgehead atoms. The molecule has 0 amide bonds. The van der Waals surface area contributed by atoms with Crippen LogP contribution >= 0.6 is 0 Å². The molecule has 0 heterocycles. The molecule has 0 aliphatic heterocycles. The second-order valence-corrected chi connectivity index (χ2v) is 5.27. The van der Waals surface area contributed by atoms with Crippen LogP contribution in [0.15, 0.2) is 0 Å². The molecule has 0 saturated heterocycles. The lowest BCUT2D eigenvalue weighted by molar-refractivity contribution is 0.198. The maximum absolute atomic E-state index is 2.46. The lowest BCUT2D eigenvalue weighted by Gasteiger charge is -2.30. The third-order valence-electron chi connectivity index (χ3n) is 3.96. The Hall–Kier alpha value is 0. The number of hydrogen-bond acceptors (Lipinski definition) is 0. The summed E-state index contributed by atoms with van der Waals surface area (Å²) in [5, 5.41) is 0. The Labute approximate surface area is 84.1 Å². The molecule has 0 aromatic heterocycles. The van der Waals surface area contributed by atoms with Gasteiger partial charge in [-0.25, -0.2) is 0 Å². The third kappa shape index (κ3) is 2.72. The van der Waals surface area contributed by atoms with Crippen LogP contribution in [0.5, 0.6) is 0 Å². The van der Waals surface area contributed by atoms with Gasteiger partial charge < -0.3 is 0 Å². The molecule has 0 heteroatoms. The Morgan fingerprint density at radius 2 is 1.92 bits per heavy atom. The van der Waals surface area contributed by atoms with Crippen LogP contribution in [-0.4, -0.2) is 0 Å². The van der Waals surface area contributed by atoms with Gasteiger partial charge in [0.25, 0.3) is 0 Å². The predicted octanol–water partition coefficient (Wildman–Crippen LogP) is 4.49. The average Bonchev–Trinajstić information content (AvgIpc) is 2.47. The highest BCUT2D eigenvalue weighted by atomic mass is 14.4. The lowest BCUT2D eigenvalue weighted by atomic mass is 9.76. The van der Waals surface area contributed by atoms with E-state index in [2.05, 4.69) is 27.7 Å². The minimum atomic E-state index is 0.894. The number of hydrogen-bond donors (Lipinski definition) is 0. The smallest absolute Gasteiger partial charge is 0.0358 e. The minimum Gasteiger partial charge on any atom is -0.0654 e. The van der Waals surface area contributed by atoms with Gasteiger partial charge in [-0.1, -0.05) is 53.4 Å². The van der Waals surface area contributed by atoms with Crippen LogP contribution in [0.2, 0.25) is 0 Å². The summed E-state index contributed by atoms with van der Waals surface area (Å²) in [6, 6.07) is 0. The van der Waals surface area contributed by atoms with Crippen LogP contribution in [0.3, 0.4) is 0 Å². The fourth-order valence-corrected chi connectivity index (χ4v) is 3.19. The van der Waals surface area contributed by atoms with Crippen molar-refractivity contribution in [3.05, 3.63) is 0 Å². The minimum absolute atomic E-state index is 0.894. The summed E-state index contributed by atoms with van der Waals surface area (Å²) in [7, 11) is 0. The van der Waals surface area contributed by atoms with Gasteiger partial charge in [-0.05, 0) is 30.1 Å². The van der Waals surface area contributed by atoms with Crippen LogP contribution in [0.25, 0.3) is 0 Å². The normalized spacial score (nSPS) is 31.2. The first-order valence-electron chi connectivity index (χ1n) is 6.16. The van der Waals surface area contributed by atoms with E-state index >= 15 is 0 Å². The maximum Gasteiger partial charge on any atom is -0.0358 e. The SMILES string of the molecule is CCCC(C(C)C)C1CCCC1C. The summed E-state index contributed by atoms with van der Waals surface area (Å²) < 4.78 is 0. The first kappa shape index (κ1) is 11.1. The summed E-state index contributed by atoms with van der Waals surface area (Å²) in [6.07, 6.45) is 7.29. The fourth-order valence-electron chi connectivity index (χ4n) is 3.19. The van der Waals surface area contributed by atoms with E-state index < -0.39 is 0 Å². The molecule has 0 N–H and O–H groups in total. The quantitative estimate of drug-likeness (QED) is 0.600. The first-order valence-corrected chi connectivity index (χ1v) is 6.16. The van der Waals surface area contributed by atoms with Crippen molar-refractivity contribution < 1.29 is 0 Å². The molecule has 13 heavy (non-hydrogen) atoms. The monoisotopic (exact) mass is 182 g/mol. The Bertz CT molecular complexity index is 137. The molecule has 1 saturated carbocycles. The first-order chi connectivity index (χ1) is 6.16. The lowest BCUT2D eigenvalue weighted by Crippen LogP contribution is -2.22. The largest absolute Gasteiger partial charge is 0.0654 e. The Morgan fingerprint density at radius 1 is 1.23 bits per heavy atom. The Balaban J connectivity index is 2.52. The molecule has 1 aliphatic carbocycles. The van der Waals surface area contributed by atoms with Crippen molar-refractivity contribution in [3.8, 4) is 0 Å². The second-order valence-electron chi connectivity index (χ2n) is 5.27. The van der Waals surface area contributed by atoms with Gasteiger partial charge in [-0.3, -0.25) is 0 Å². The highest BCUT2D eigenvalue weighted by Gasteiger charge is 2.31. The molecule has 1 rings (SSSR count). The van der Waals surface area contributed by atoms with E-state index in [4.69, 9.17) is 0 Å². The van der Waals surface area contributed by atoms with Gasteiger partial charge in [0.2, 0.25) is 0 Å². The van der Waals surface area contributed by atoms with Crippen molar-refractivity contribution in [1.82, 2.24) is 0 Å². The van der Waals surface area contributed by atoms with Crippen LogP contribution in [0, 0.1) is 23.7 Å². The maximum atomic E-state index is 2.46. The van der Waals surface area contributed by atoms with Crippen molar-refractivity contribution >= 4 is 0 Å². The molecule has 3 unspecified atom stereocenters. The molecule has 0 radical (unpaired) electrons. The summed E-state index contributed by atoms with van der Waals surface area (Å²) in [5.74, 6) is 3.94. The summed E-state index contributed by atoms with van der Waals surface area (Å²) in [4.78, 5) is 0. The van der Waals surface area contributed by atoms with Crippen LogP contribution in [0.1, 0.15) is 59.8 Å². The van der Waals surface area contributed by atoms with Gasteiger partial charge in [0, 0.05) is 0 Å². The van der Waals surface area contributed by atoms with Gasteiger partial charge in [-0.15, -0.1) is 0 Å².